The van der Waals surface area contributed by atoms with E-state index in [-0.39, 0.29) is 0 Å². The summed E-state index contributed by atoms with van der Waals surface area (Å²) >= 11 is 0. The Bertz CT molecular complexity index is 416. The summed E-state index contributed by atoms with van der Waals surface area (Å²) in [6.07, 6.45) is 10.7. The van der Waals surface area contributed by atoms with Crippen molar-refractivity contribution in [3.8, 4) is 0 Å². The summed E-state index contributed by atoms with van der Waals surface area (Å²) in [5, 5.41) is 19.6. The molecule has 2 N–H and O–H groups in total. The van der Waals surface area contributed by atoms with Gasteiger partial charge in [0.05, 0.1) is 6.10 Å². The van der Waals surface area contributed by atoms with Gasteiger partial charge in [0.25, 0.3) is 0 Å². The van der Waals surface area contributed by atoms with Crippen LogP contribution in [0, 0.1) is 0 Å². The maximum Gasteiger partial charge on any atom is 0.313 e. The number of rotatable bonds is 13. The van der Waals surface area contributed by atoms with Gasteiger partial charge in [-0.3, -0.25) is 4.79 Å². The van der Waals surface area contributed by atoms with E-state index in [9.17, 15) is 15.0 Å². The van der Waals surface area contributed by atoms with Crippen molar-refractivity contribution in [2.75, 3.05) is 0 Å². The molecule has 0 aliphatic heterocycles. The summed E-state index contributed by atoms with van der Waals surface area (Å²) in [6, 6.07) is 9.04. The molecular formula is C20H32O3. The highest BCUT2D eigenvalue weighted by molar-refractivity contribution is 5.76. The molecular weight excluding hydrogens is 288 g/mol. The lowest BCUT2D eigenvalue weighted by Crippen LogP contribution is -2.26. The molecule has 130 valence electrons. The number of aliphatic hydroxyl groups excluding tert-OH is 1. The third-order valence-corrected chi connectivity index (χ3v) is 4.41. The molecule has 0 fully saturated rings. The van der Waals surface area contributed by atoms with Crippen molar-refractivity contribution in [2.45, 2.75) is 83.2 Å². The van der Waals surface area contributed by atoms with Crippen LogP contribution in [0.5, 0.6) is 0 Å². The molecule has 3 heteroatoms. The fourth-order valence-corrected chi connectivity index (χ4v) is 3.02. The van der Waals surface area contributed by atoms with E-state index in [0.29, 0.717) is 12.0 Å². The Hall–Kier alpha value is -1.35. The second-order valence-corrected chi connectivity index (χ2v) is 6.41. The monoisotopic (exact) mass is 320 g/mol. The normalized spacial score (nSPS) is 13.7. The van der Waals surface area contributed by atoms with E-state index < -0.39 is 18.0 Å². The Balaban J connectivity index is 2.21. The van der Waals surface area contributed by atoms with Crippen LogP contribution in [0.3, 0.4) is 0 Å². The molecule has 2 unspecified atom stereocenters. The van der Waals surface area contributed by atoms with Crippen LogP contribution in [-0.2, 0) is 4.79 Å². The smallest absolute Gasteiger partial charge is 0.313 e. The molecule has 0 aromatic heterocycles. The summed E-state index contributed by atoms with van der Waals surface area (Å²) in [6.45, 7) is 2.23. The number of unbranched alkanes of at least 4 members (excludes halogenated alkanes) is 8. The zero-order valence-electron chi connectivity index (χ0n) is 14.4. The lowest BCUT2D eigenvalue weighted by atomic mass is 9.90. The van der Waals surface area contributed by atoms with Crippen molar-refractivity contribution >= 4 is 5.97 Å². The van der Waals surface area contributed by atoms with E-state index in [4.69, 9.17) is 0 Å². The zero-order valence-corrected chi connectivity index (χ0v) is 14.4. The molecule has 1 aromatic rings. The van der Waals surface area contributed by atoms with Gasteiger partial charge in [0, 0.05) is 0 Å². The summed E-state index contributed by atoms with van der Waals surface area (Å²) in [5.74, 6) is -1.76. The molecule has 0 saturated carbocycles. The van der Waals surface area contributed by atoms with E-state index in [1.807, 2.05) is 18.2 Å². The fraction of sp³-hybridized carbons (Fsp3) is 0.650. The number of hydrogen-bond donors (Lipinski definition) is 2. The summed E-state index contributed by atoms with van der Waals surface area (Å²) in [7, 11) is 0. The fourth-order valence-electron chi connectivity index (χ4n) is 3.02. The Morgan fingerprint density at radius 1 is 0.913 bits per heavy atom. The molecule has 0 saturated heterocycles. The summed E-state index contributed by atoms with van der Waals surface area (Å²) < 4.78 is 0. The first-order chi connectivity index (χ1) is 11.2. The number of carboxylic acid groups (broad SMARTS) is 1. The molecule has 0 aliphatic rings. The standard InChI is InChI=1S/C20H32O3/c1-2-3-4-5-6-7-8-9-13-16-18(21)19(20(22)23)17-14-11-10-12-15-17/h10-12,14-15,18-19,21H,2-9,13,16H2,1H3,(H,22,23). The van der Waals surface area contributed by atoms with Crippen LogP contribution in [0.4, 0.5) is 0 Å². The Labute approximate surface area is 140 Å². The van der Waals surface area contributed by atoms with Gasteiger partial charge >= 0.3 is 5.97 Å². The van der Waals surface area contributed by atoms with E-state index in [1.54, 1.807) is 12.1 Å². The van der Waals surface area contributed by atoms with Crippen LogP contribution in [0.1, 0.15) is 82.6 Å². The minimum absolute atomic E-state index is 0.557. The minimum Gasteiger partial charge on any atom is -0.481 e. The maximum atomic E-state index is 11.4. The lowest BCUT2D eigenvalue weighted by molar-refractivity contribution is -0.141. The molecule has 0 aliphatic carbocycles. The predicted octanol–water partition coefficient (Wildman–Crippen LogP) is 5.14. The number of benzene rings is 1. The predicted molar refractivity (Wildman–Crippen MR) is 94.7 cm³/mol. The van der Waals surface area contributed by atoms with Crippen molar-refractivity contribution in [3.05, 3.63) is 35.9 Å². The number of aliphatic carboxylic acids is 1. The average molecular weight is 320 g/mol. The van der Waals surface area contributed by atoms with Gasteiger partial charge in [0.15, 0.2) is 0 Å². The van der Waals surface area contributed by atoms with E-state index in [0.717, 1.165) is 12.8 Å². The highest BCUT2D eigenvalue weighted by Gasteiger charge is 2.27. The van der Waals surface area contributed by atoms with Crippen LogP contribution in [-0.4, -0.2) is 22.3 Å². The van der Waals surface area contributed by atoms with Crippen molar-refractivity contribution in [1.82, 2.24) is 0 Å². The quantitative estimate of drug-likeness (QED) is 0.495. The number of carboxylic acids is 1. The molecule has 3 nitrogen and oxygen atoms in total. The minimum atomic E-state index is -0.945. The van der Waals surface area contributed by atoms with Crippen LogP contribution in [0.2, 0.25) is 0 Å². The summed E-state index contributed by atoms with van der Waals surface area (Å²) in [4.78, 5) is 11.4. The van der Waals surface area contributed by atoms with Crippen LogP contribution >= 0.6 is 0 Å². The molecule has 2 atom stereocenters. The van der Waals surface area contributed by atoms with Gasteiger partial charge < -0.3 is 10.2 Å². The van der Waals surface area contributed by atoms with Gasteiger partial charge in [-0.2, -0.15) is 0 Å². The van der Waals surface area contributed by atoms with Gasteiger partial charge in [-0.1, -0.05) is 95.0 Å². The van der Waals surface area contributed by atoms with Gasteiger partial charge in [0.2, 0.25) is 0 Å². The molecule has 1 aromatic carbocycles. The first-order valence-electron chi connectivity index (χ1n) is 9.12. The molecule has 0 bridgehead atoms. The number of hydrogen-bond acceptors (Lipinski definition) is 2. The Morgan fingerprint density at radius 3 is 1.96 bits per heavy atom. The van der Waals surface area contributed by atoms with E-state index in [1.165, 1.54) is 44.9 Å². The number of aliphatic hydroxyl groups is 1. The zero-order chi connectivity index (χ0) is 16.9. The van der Waals surface area contributed by atoms with Crippen molar-refractivity contribution < 1.29 is 15.0 Å². The first-order valence-corrected chi connectivity index (χ1v) is 9.12. The maximum absolute atomic E-state index is 11.4. The van der Waals surface area contributed by atoms with Gasteiger partial charge in [0.1, 0.15) is 5.92 Å². The summed E-state index contributed by atoms with van der Waals surface area (Å²) in [5.41, 5.74) is 0.684. The van der Waals surface area contributed by atoms with Gasteiger partial charge in [-0.25, -0.2) is 0 Å². The van der Waals surface area contributed by atoms with E-state index >= 15 is 0 Å². The highest BCUT2D eigenvalue weighted by atomic mass is 16.4. The van der Waals surface area contributed by atoms with Crippen molar-refractivity contribution in [2.24, 2.45) is 0 Å². The second kappa shape index (κ2) is 12.1. The largest absolute Gasteiger partial charge is 0.481 e. The third-order valence-electron chi connectivity index (χ3n) is 4.41. The van der Waals surface area contributed by atoms with Gasteiger partial charge in [-0.05, 0) is 12.0 Å². The van der Waals surface area contributed by atoms with Crippen molar-refractivity contribution in [3.63, 3.8) is 0 Å². The lowest BCUT2D eigenvalue weighted by Gasteiger charge is -2.19. The SMILES string of the molecule is CCCCCCCCCCCC(O)C(C(=O)O)c1ccccc1. The number of carbonyl (C=O) groups is 1. The highest BCUT2D eigenvalue weighted by Crippen LogP contribution is 2.24. The Morgan fingerprint density at radius 2 is 1.43 bits per heavy atom. The first kappa shape index (κ1) is 19.7. The van der Waals surface area contributed by atoms with Gasteiger partial charge in [-0.15, -0.1) is 0 Å². The Kier molecular flexibility index (Phi) is 10.4. The average Bonchev–Trinajstić information content (AvgIpc) is 2.54. The molecule has 0 amide bonds. The van der Waals surface area contributed by atoms with Crippen LogP contribution < -0.4 is 0 Å². The van der Waals surface area contributed by atoms with Crippen molar-refractivity contribution in [1.29, 1.82) is 0 Å². The molecule has 23 heavy (non-hydrogen) atoms. The van der Waals surface area contributed by atoms with E-state index in [2.05, 4.69) is 6.92 Å². The van der Waals surface area contributed by atoms with Crippen LogP contribution in [0.15, 0.2) is 30.3 Å². The second-order valence-electron chi connectivity index (χ2n) is 6.41. The third kappa shape index (κ3) is 8.17. The molecule has 0 spiro atoms. The molecule has 0 heterocycles. The molecule has 1 rings (SSSR count). The van der Waals surface area contributed by atoms with Crippen LogP contribution in [0.25, 0.3) is 0 Å². The topological polar surface area (TPSA) is 57.5 Å². The molecule has 0 radical (unpaired) electrons.